The number of aliphatic carboxylic acids is 1. The zero-order valence-corrected chi connectivity index (χ0v) is 12.9. The van der Waals surface area contributed by atoms with E-state index in [9.17, 15) is 18.0 Å². The lowest BCUT2D eigenvalue weighted by Gasteiger charge is -2.07. The number of carbonyl (C=O) groups is 2. The number of carboxylic acid groups (broad SMARTS) is 1. The molecule has 3 N–H and O–H groups in total. The van der Waals surface area contributed by atoms with E-state index in [-0.39, 0.29) is 30.2 Å². The van der Waals surface area contributed by atoms with Crippen molar-refractivity contribution in [2.24, 2.45) is 0 Å². The second-order valence-corrected chi connectivity index (χ2v) is 6.77. The Morgan fingerprint density at radius 3 is 2.18 bits per heavy atom. The SMILES string of the molecule is O=C(O)CCCNC(=O)NCCCS(=O)(=O)c1ccccc1. The van der Waals surface area contributed by atoms with Crippen molar-refractivity contribution in [1.82, 2.24) is 10.6 Å². The average Bonchev–Trinajstić information content (AvgIpc) is 2.49. The zero-order valence-electron chi connectivity index (χ0n) is 12.1. The van der Waals surface area contributed by atoms with Crippen molar-refractivity contribution in [3.63, 3.8) is 0 Å². The molecule has 2 amide bonds. The molecule has 0 aliphatic rings. The van der Waals surface area contributed by atoms with Gasteiger partial charge in [0, 0.05) is 19.5 Å². The Hall–Kier alpha value is -2.09. The Kier molecular flexibility index (Phi) is 7.38. The number of carbonyl (C=O) groups excluding carboxylic acids is 1. The lowest BCUT2D eigenvalue weighted by molar-refractivity contribution is -0.137. The third-order valence-electron chi connectivity index (χ3n) is 2.83. The summed E-state index contributed by atoms with van der Waals surface area (Å²) in [6, 6.07) is 7.72. The van der Waals surface area contributed by atoms with Crippen LogP contribution in [0.3, 0.4) is 0 Å². The van der Waals surface area contributed by atoms with Gasteiger partial charge < -0.3 is 15.7 Å². The van der Waals surface area contributed by atoms with Gasteiger partial charge in [0.05, 0.1) is 10.6 Å². The minimum atomic E-state index is -3.33. The number of urea groups is 1. The molecule has 8 heteroatoms. The van der Waals surface area contributed by atoms with Crippen molar-refractivity contribution in [3.05, 3.63) is 30.3 Å². The quantitative estimate of drug-likeness (QED) is 0.586. The number of hydrogen-bond acceptors (Lipinski definition) is 4. The molecule has 0 saturated heterocycles. The first-order valence-electron chi connectivity index (χ1n) is 6.93. The number of amides is 2. The van der Waals surface area contributed by atoms with Gasteiger partial charge in [0.1, 0.15) is 0 Å². The standard InChI is InChI=1S/C14H20N2O5S/c17-13(18)8-4-9-15-14(19)16-10-5-11-22(20,21)12-6-2-1-3-7-12/h1-3,6-7H,4-5,8-11H2,(H,17,18)(H2,15,16,19). The highest BCUT2D eigenvalue weighted by atomic mass is 32.2. The van der Waals surface area contributed by atoms with Crippen molar-refractivity contribution < 1.29 is 23.1 Å². The molecule has 0 heterocycles. The van der Waals surface area contributed by atoms with E-state index < -0.39 is 21.8 Å². The summed E-state index contributed by atoms with van der Waals surface area (Å²) in [5.74, 6) is -0.954. The number of benzene rings is 1. The van der Waals surface area contributed by atoms with E-state index in [0.29, 0.717) is 12.8 Å². The largest absolute Gasteiger partial charge is 0.481 e. The third-order valence-corrected chi connectivity index (χ3v) is 4.65. The fourth-order valence-corrected chi connectivity index (χ4v) is 3.05. The minimum absolute atomic E-state index is 0.00437. The van der Waals surface area contributed by atoms with Crippen LogP contribution in [0.5, 0.6) is 0 Å². The molecule has 122 valence electrons. The number of hydrogen-bond donors (Lipinski definition) is 3. The first-order chi connectivity index (χ1) is 10.4. The highest BCUT2D eigenvalue weighted by Gasteiger charge is 2.13. The smallest absolute Gasteiger partial charge is 0.314 e. The van der Waals surface area contributed by atoms with Gasteiger partial charge in [-0.05, 0) is 25.0 Å². The highest BCUT2D eigenvalue weighted by Crippen LogP contribution is 2.10. The average molecular weight is 328 g/mol. The van der Waals surface area contributed by atoms with Gasteiger partial charge in [-0.2, -0.15) is 0 Å². The molecule has 1 rings (SSSR count). The van der Waals surface area contributed by atoms with Crippen LogP contribution in [0.25, 0.3) is 0 Å². The van der Waals surface area contributed by atoms with Crippen LogP contribution in [0.2, 0.25) is 0 Å². The summed E-state index contributed by atoms with van der Waals surface area (Å²) in [4.78, 5) is 21.9. The molecule has 22 heavy (non-hydrogen) atoms. The van der Waals surface area contributed by atoms with E-state index in [4.69, 9.17) is 5.11 Å². The van der Waals surface area contributed by atoms with Crippen molar-refractivity contribution in [2.75, 3.05) is 18.8 Å². The van der Waals surface area contributed by atoms with Gasteiger partial charge in [-0.1, -0.05) is 18.2 Å². The van der Waals surface area contributed by atoms with E-state index in [1.807, 2.05) is 0 Å². The van der Waals surface area contributed by atoms with Gasteiger partial charge in [0.15, 0.2) is 9.84 Å². The Morgan fingerprint density at radius 2 is 1.59 bits per heavy atom. The molecule has 0 aliphatic heterocycles. The molecule has 7 nitrogen and oxygen atoms in total. The number of carboxylic acids is 1. The normalized spacial score (nSPS) is 10.9. The Morgan fingerprint density at radius 1 is 1.00 bits per heavy atom. The molecule has 0 bridgehead atoms. The second kappa shape index (κ2) is 9.04. The first-order valence-corrected chi connectivity index (χ1v) is 8.58. The van der Waals surface area contributed by atoms with Gasteiger partial charge in [-0.3, -0.25) is 4.79 Å². The van der Waals surface area contributed by atoms with E-state index in [2.05, 4.69) is 10.6 Å². The summed E-state index contributed by atoms with van der Waals surface area (Å²) in [6.07, 6.45) is 0.653. The van der Waals surface area contributed by atoms with E-state index in [0.717, 1.165) is 0 Å². The maximum absolute atomic E-state index is 12.0. The first kappa shape index (κ1) is 18.0. The Bertz CT molecular complexity index is 587. The summed E-state index contributed by atoms with van der Waals surface area (Å²) in [7, 11) is -3.33. The third kappa shape index (κ3) is 7.07. The van der Waals surface area contributed by atoms with Crippen LogP contribution in [0, 0.1) is 0 Å². The molecule has 0 atom stereocenters. The van der Waals surface area contributed by atoms with E-state index in [1.165, 1.54) is 12.1 Å². The summed E-state index contributed by atoms with van der Waals surface area (Å²) in [5.41, 5.74) is 0. The molecule has 0 saturated carbocycles. The number of rotatable bonds is 9. The van der Waals surface area contributed by atoms with Crippen molar-refractivity contribution in [1.29, 1.82) is 0 Å². The monoisotopic (exact) mass is 328 g/mol. The fraction of sp³-hybridized carbons (Fsp3) is 0.429. The zero-order chi connectivity index (χ0) is 16.4. The van der Waals surface area contributed by atoms with Crippen molar-refractivity contribution in [2.45, 2.75) is 24.2 Å². The molecule has 1 aromatic rings. The molecule has 0 spiro atoms. The maximum atomic E-state index is 12.0. The molecular weight excluding hydrogens is 308 g/mol. The topological polar surface area (TPSA) is 113 Å². The van der Waals surface area contributed by atoms with Crippen LogP contribution < -0.4 is 10.6 Å². The summed E-state index contributed by atoms with van der Waals surface area (Å²) in [5, 5.41) is 13.5. The van der Waals surface area contributed by atoms with Crippen molar-refractivity contribution in [3.8, 4) is 0 Å². The predicted molar refractivity (Wildman–Crippen MR) is 81.4 cm³/mol. The van der Waals surface area contributed by atoms with Crippen LogP contribution >= 0.6 is 0 Å². The summed E-state index contributed by atoms with van der Waals surface area (Å²) in [6.45, 7) is 0.497. The molecule has 0 aliphatic carbocycles. The Balaban J connectivity index is 2.19. The Labute approximate surface area is 129 Å². The number of sulfone groups is 1. The van der Waals surface area contributed by atoms with Crippen LogP contribution in [0.15, 0.2) is 35.2 Å². The molecule has 1 aromatic carbocycles. The van der Waals surface area contributed by atoms with Gasteiger partial charge in [0.2, 0.25) is 0 Å². The maximum Gasteiger partial charge on any atom is 0.314 e. The van der Waals surface area contributed by atoms with Crippen molar-refractivity contribution >= 4 is 21.8 Å². The van der Waals surface area contributed by atoms with Crippen LogP contribution in [-0.2, 0) is 14.6 Å². The van der Waals surface area contributed by atoms with E-state index >= 15 is 0 Å². The second-order valence-electron chi connectivity index (χ2n) is 4.67. The molecular formula is C14H20N2O5S. The predicted octanol–water partition coefficient (Wildman–Crippen LogP) is 1.01. The molecule has 0 fully saturated rings. The van der Waals surface area contributed by atoms with Gasteiger partial charge in [-0.15, -0.1) is 0 Å². The highest BCUT2D eigenvalue weighted by molar-refractivity contribution is 7.91. The van der Waals surface area contributed by atoms with E-state index in [1.54, 1.807) is 18.2 Å². The number of nitrogens with one attached hydrogen (secondary N) is 2. The summed E-state index contributed by atoms with van der Waals surface area (Å²) >= 11 is 0. The van der Waals surface area contributed by atoms with Gasteiger partial charge >= 0.3 is 12.0 Å². The molecule has 0 radical (unpaired) electrons. The molecule has 0 aromatic heterocycles. The van der Waals surface area contributed by atoms with Crippen LogP contribution in [0.4, 0.5) is 4.79 Å². The van der Waals surface area contributed by atoms with Gasteiger partial charge in [-0.25, -0.2) is 13.2 Å². The van der Waals surface area contributed by atoms with Crippen LogP contribution in [-0.4, -0.2) is 44.4 Å². The fourth-order valence-electron chi connectivity index (χ4n) is 1.71. The van der Waals surface area contributed by atoms with Gasteiger partial charge in [0.25, 0.3) is 0 Å². The molecule has 0 unspecified atom stereocenters. The lowest BCUT2D eigenvalue weighted by Crippen LogP contribution is -2.37. The van der Waals surface area contributed by atoms with Crippen LogP contribution in [0.1, 0.15) is 19.3 Å². The summed E-state index contributed by atoms with van der Waals surface area (Å²) < 4.78 is 23.9. The minimum Gasteiger partial charge on any atom is -0.481 e. The lowest BCUT2D eigenvalue weighted by atomic mass is 10.3.